The molecule has 0 radical (unpaired) electrons. The summed E-state index contributed by atoms with van der Waals surface area (Å²) in [7, 11) is 1.35. The Morgan fingerprint density at radius 2 is 1.95 bits per heavy atom. The molecule has 120 valence electrons. The molecule has 0 bridgehead atoms. The van der Waals surface area contributed by atoms with E-state index in [1.54, 1.807) is 18.2 Å². The van der Waals surface area contributed by atoms with Gasteiger partial charge in [0, 0.05) is 11.1 Å². The Bertz CT molecular complexity index is 521. The van der Waals surface area contributed by atoms with Crippen LogP contribution in [0.1, 0.15) is 37.7 Å². The fourth-order valence-electron chi connectivity index (χ4n) is 2.74. The molecule has 1 aromatic carbocycles. The van der Waals surface area contributed by atoms with Gasteiger partial charge in [-0.3, -0.25) is 0 Å². The zero-order chi connectivity index (χ0) is 15.9. The lowest BCUT2D eigenvalue weighted by Crippen LogP contribution is -2.36. The minimum atomic E-state index is -0.426. The molecule has 4 nitrogen and oxygen atoms in total. The molecule has 0 aromatic heterocycles. The van der Waals surface area contributed by atoms with E-state index < -0.39 is 5.97 Å². The molecule has 1 saturated carbocycles. The largest absolute Gasteiger partial charge is 0.466 e. The average molecular weight is 324 g/mol. The number of halogens is 1. The molecule has 1 aliphatic carbocycles. The van der Waals surface area contributed by atoms with Gasteiger partial charge in [0.15, 0.2) is 0 Å². The van der Waals surface area contributed by atoms with Crippen LogP contribution in [0.3, 0.4) is 0 Å². The van der Waals surface area contributed by atoms with Crippen LogP contribution in [0.4, 0.5) is 0 Å². The summed E-state index contributed by atoms with van der Waals surface area (Å²) in [4.78, 5) is 11.9. The second-order valence-corrected chi connectivity index (χ2v) is 6.04. The van der Waals surface area contributed by atoms with E-state index in [0.717, 1.165) is 31.2 Å². The summed E-state index contributed by atoms with van der Waals surface area (Å²) in [6, 6.07) is 7.30. The molecule has 0 amide bonds. The van der Waals surface area contributed by atoms with Crippen LogP contribution in [0, 0.1) is 0 Å². The molecule has 0 saturated heterocycles. The second-order valence-electron chi connectivity index (χ2n) is 5.60. The molecule has 1 fully saturated rings. The molecule has 0 spiro atoms. The van der Waals surface area contributed by atoms with E-state index in [0.29, 0.717) is 10.6 Å². The van der Waals surface area contributed by atoms with E-state index in [-0.39, 0.29) is 12.6 Å². The Morgan fingerprint density at radius 1 is 1.32 bits per heavy atom. The summed E-state index contributed by atoms with van der Waals surface area (Å²) < 4.78 is 4.83. The van der Waals surface area contributed by atoms with E-state index in [4.69, 9.17) is 16.3 Å². The molecule has 1 aromatic rings. The number of nitrogens with zero attached hydrogens (tertiary/aromatic N) is 1. The van der Waals surface area contributed by atoms with Crippen LogP contribution < -0.4 is 0 Å². The maximum absolute atomic E-state index is 11.9. The number of hydroxylamine groups is 2. The molecule has 0 atom stereocenters. The highest BCUT2D eigenvalue weighted by Crippen LogP contribution is 2.22. The predicted octanol–water partition coefficient (Wildman–Crippen LogP) is 3.92. The summed E-state index contributed by atoms with van der Waals surface area (Å²) in [6.45, 7) is 0.167. The van der Waals surface area contributed by atoms with Crippen LogP contribution in [0.5, 0.6) is 0 Å². The molecule has 0 heterocycles. The molecule has 0 unspecified atom stereocenters. The normalized spacial score (nSPS) is 16.8. The molecule has 1 aliphatic rings. The first-order chi connectivity index (χ1) is 10.6. The SMILES string of the molecule is COC(=O)/C(=C/c1ccc(Cl)cc1)CN(O)C1CCCCC1. The number of carbonyl (C=O) groups is 1. The van der Waals surface area contributed by atoms with Crippen molar-refractivity contribution in [1.29, 1.82) is 0 Å². The second kappa shape index (κ2) is 8.32. The lowest BCUT2D eigenvalue weighted by molar-refractivity contribution is -0.144. The number of ether oxygens (including phenoxy) is 1. The molecule has 0 aliphatic heterocycles. The average Bonchev–Trinajstić information content (AvgIpc) is 2.56. The first-order valence-corrected chi connectivity index (χ1v) is 7.98. The summed E-state index contributed by atoms with van der Waals surface area (Å²) in [5, 5.41) is 12.2. The van der Waals surface area contributed by atoms with Crippen LogP contribution in [-0.4, -0.2) is 35.9 Å². The van der Waals surface area contributed by atoms with Gasteiger partial charge in [0.25, 0.3) is 0 Å². The van der Waals surface area contributed by atoms with Crippen molar-refractivity contribution in [2.45, 2.75) is 38.1 Å². The molecule has 2 rings (SSSR count). The van der Waals surface area contributed by atoms with Gasteiger partial charge in [-0.25, -0.2) is 4.79 Å². The number of benzene rings is 1. The zero-order valence-electron chi connectivity index (χ0n) is 12.8. The van der Waals surface area contributed by atoms with E-state index in [9.17, 15) is 10.0 Å². The number of carbonyl (C=O) groups excluding carboxylic acids is 1. The molecule has 22 heavy (non-hydrogen) atoms. The monoisotopic (exact) mass is 323 g/mol. The number of hydrogen-bond acceptors (Lipinski definition) is 4. The van der Waals surface area contributed by atoms with Gasteiger partial charge in [-0.15, -0.1) is 0 Å². The Labute approximate surface area is 136 Å². The standard InChI is InChI=1S/C17H22ClNO3/c1-22-17(20)14(11-13-7-9-15(18)10-8-13)12-19(21)16-5-3-2-4-6-16/h7-11,16,21H,2-6,12H2,1H3/b14-11+. The van der Waals surface area contributed by atoms with Gasteiger partial charge in [-0.05, 0) is 36.6 Å². The minimum Gasteiger partial charge on any atom is -0.466 e. The maximum atomic E-state index is 11.9. The van der Waals surface area contributed by atoms with Crippen LogP contribution in [0.25, 0.3) is 6.08 Å². The van der Waals surface area contributed by atoms with E-state index >= 15 is 0 Å². The third-order valence-corrected chi connectivity index (χ3v) is 4.24. The molecular formula is C17H22ClNO3. The van der Waals surface area contributed by atoms with Crippen molar-refractivity contribution < 1.29 is 14.7 Å². The van der Waals surface area contributed by atoms with Gasteiger partial charge in [-0.1, -0.05) is 43.0 Å². The van der Waals surface area contributed by atoms with Crippen molar-refractivity contribution in [3.8, 4) is 0 Å². The first-order valence-electron chi connectivity index (χ1n) is 7.60. The minimum absolute atomic E-state index is 0.118. The Kier molecular flexibility index (Phi) is 6.43. The van der Waals surface area contributed by atoms with E-state index in [1.165, 1.54) is 18.6 Å². The smallest absolute Gasteiger partial charge is 0.335 e. The van der Waals surface area contributed by atoms with E-state index in [1.807, 2.05) is 12.1 Å². The first kappa shape index (κ1) is 17.0. The molecular weight excluding hydrogens is 302 g/mol. The lowest BCUT2D eigenvalue weighted by atomic mass is 9.95. The van der Waals surface area contributed by atoms with Crippen molar-refractivity contribution in [3.05, 3.63) is 40.4 Å². The van der Waals surface area contributed by atoms with Crippen LogP contribution in [0.15, 0.2) is 29.8 Å². The Hall–Kier alpha value is -1.36. The highest BCUT2D eigenvalue weighted by atomic mass is 35.5. The van der Waals surface area contributed by atoms with Gasteiger partial charge in [-0.2, -0.15) is 5.06 Å². The number of rotatable bonds is 5. The third-order valence-electron chi connectivity index (χ3n) is 3.99. The van der Waals surface area contributed by atoms with Gasteiger partial charge >= 0.3 is 5.97 Å². The number of hydrogen-bond donors (Lipinski definition) is 1. The highest BCUT2D eigenvalue weighted by Gasteiger charge is 2.22. The van der Waals surface area contributed by atoms with Gasteiger partial charge in [0.05, 0.1) is 19.2 Å². The molecule has 1 N–H and O–H groups in total. The predicted molar refractivity (Wildman–Crippen MR) is 86.8 cm³/mol. The third kappa shape index (κ3) is 4.83. The highest BCUT2D eigenvalue weighted by molar-refractivity contribution is 6.30. The summed E-state index contributed by atoms with van der Waals surface area (Å²) >= 11 is 5.86. The van der Waals surface area contributed by atoms with Gasteiger partial charge in [0.2, 0.25) is 0 Å². The van der Waals surface area contributed by atoms with Crippen LogP contribution >= 0.6 is 11.6 Å². The van der Waals surface area contributed by atoms with Crippen molar-refractivity contribution >= 4 is 23.6 Å². The van der Waals surface area contributed by atoms with Crippen molar-refractivity contribution in [2.24, 2.45) is 0 Å². The molecule has 5 heteroatoms. The zero-order valence-corrected chi connectivity index (χ0v) is 13.6. The van der Waals surface area contributed by atoms with Crippen LogP contribution in [0.2, 0.25) is 5.02 Å². The summed E-state index contributed by atoms with van der Waals surface area (Å²) in [5.41, 5.74) is 1.28. The topological polar surface area (TPSA) is 49.8 Å². The number of esters is 1. The van der Waals surface area contributed by atoms with E-state index in [2.05, 4.69) is 0 Å². The number of methoxy groups -OCH3 is 1. The van der Waals surface area contributed by atoms with Gasteiger partial charge < -0.3 is 9.94 Å². The van der Waals surface area contributed by atoms with Gasteiger partial charge in [0.1, 0.15) is 0 Å². The fraction of sp³-hybridized carbons (Fsp3) is 0.471. The maximum Gasteiger partial charge on any atom is 0.335 e. The fourth-order valence-corrected chi connectivity index (χ4v) is 2.87. The quantitative estimate of drug-likeness (QED) is 0.507. The lowest BCUT2D eigenvalue weighted by Gasteiger charge is -2.29. The Balaban J connectivity index is 2.11. The Morgan fingerprint density at radius 3 is 2.55 bits per heavy atom. The summed E-state index contributed by atoms with van der Waals surface area (Å²) in [5.74, 6) is -0.426. The van der Waals surface area contributed by atoms with Crippen LogP contribution in [-0.2, 0) is 9.53 Å². The van der Waals surface area contributed by atoms with Crippen molar-refractivity contribution in [2.75, 3.05) is 13.7 Å². The summed E-state index contributed by atoms with van der Waals surface area (Å²) in [6.07, 6.45) is 7.12. The van der Waals surface area contributed by atoms with Crippen molar-refractivity contribution in [1.82, 2.24) is 5.06 Å². The van der Waals surface area contributed by atoms with Crippen molar-refractivity contribution in [3.63, 3.8) is 0 Å².